The summed E-state index contributed by atoms with van der Waals surface area (Å²) in [6, 6.07) is 10.2. The fourth-order valence-electron chi connectivity index (χ4n) is 3.37. The van der Waals surface area contributed by atoms with Gasteiger partial charge in [-0.05, 0) is 30.3 Å². The van der Waals surface area contributed by atoms with Gasteiger partial charge in [-0.25, -0.2) is 4.98 Å². The van der Waals surface area contributed by atoms with Crippen LogP contribution < -0.4 is 10.2 Å². The summed E-state index contributed by atoms with van der Waals surface area (Å²) in [5.41, 5.74) is 1.88. The van der Waals surface area contributed by atoms with Crippen LogP contribution in [0.4, 0.5) is 24.5 Å². The number of amides is 1. The smallest absolute Gasteiger partial charge is 0.378 e. The minimum absolute atomic E-state index is 0.0339. The number of hydrogen-bond acceptors (Lipinski definition) is 5. The molecule has 1 aliphatic heterocycles. The van der Waals surface area contributed by atoms with Crippen LogP contribution in [0.2, 0.25) is 5.02 Å². The standard InChI is InChI=1S/C22H19ClF3N3O2S/c23-16-5-6-19(29-7-9-31-10-8-29)18(11-16)28-20(30)12-17-13-32-21(27-17)14-1-3-15(4-2-14)22(24,25)26/h1-6,11,13H,7-10,12H2,(H,28,30). The Morgan fingerprint density at radius 3 is 2.56 bits per heavy atom. The minimum Gasteiger partial charge on any atom is -0.378 e. The number of nitrogens with zero attached hydrogens (tertiary/aromatic N) is 2. The van der Waals surface area contributed by atoms with Gasteiger partial charge < -0.3 is 15.0 Å². The summed E-state index contributed by atoms with van der Waals surface area (Å²) in [5.74, 6) is -0.258. The molecule has 1 N–H and O–H groups in total. The van der Waals surface area contributed by atoms with Gasteiger partial charge in [0.1, 0.15) is 5.01 Å². The van der Waals surface area contributed by atoms with E-state index in [0.29, 0.717) is 53.3 Å². The van der Waals surface area contributed by atoms with Crippen LogP contribution in [0, 0.1) is 0 Å². The third kappa shape index (κ3) is 5.40. The number of nitrogens with one attached hydrogen (secondary N) is 1. The summed E-state index contributed by atoms with van der Waals surface area (Å²) in [7, 11) is 0. The highest BCUT2D eigenvalue weighted by atomic mass is 35.5. The lowest BCUT2D eigenvalue weighted by Gasteiger charge is -2.30. The zero-order valence-corrected chi connectivity index (χ0v) is 18.4. The maximum atomic E-state index is 12.7. The molecule has 1 amide bonds. The molecule has 0 spiro atoms. The Labute approximate surface area is 191 Å². The van der Waals surface area contributed by atoms with Crippen LogP contribution in [0.25, 0.3) is 10.6 Å². The quantitative estimate of drug-likeness (QED) is 0.523. The van der Waals surface area contributed by atoms with E-state index in [-0.39, 0.29) is 12.3 Å². The Balaban J connectivity index is 1.44. The van der Waals surface area contributed by atoms with Gasteiger partial charge in [-0.2, -0.15) is 13.2 Å². The number of carbonyl (C=O) groups excluding carboxylic acids is 1. The molecule has 32 heavy (non-hydrogen) atoms. The summed E-state index contributed by atoms with van der Waals surface area (Å²) >= 11 is 7.41. The lowest BCUT2D eigenvalue weighted by Crippen LogP contribution is -2.36. The molecular weight excluding hydrogens is 463 g/mol. The molecule has 5 nitrogen and oxygen atoms in total. The molecule has 10 heteroatoms. The van der Waals surface area contributed by atoms with Crippen molar-refractivity contribution in [1.82, 2.24) is 4.98 Å². The second-order valence-corrected chi connectivity index (χ2v) is 8.50. The van der Waals surface area contributed by atoms with Crippen molar-refractivity contribution in [1.29, 1.82) is 0 Å². The first kappa shape index (κ1) is 22.6. The Morgan fingerprint density at radius 2 is 1.88 bits per heavy atom. The van der Waals surface area contributed by atoms with Crippen molar-refractivity contribution in [2.24, 2.45) is 0 Å². The van der Waals surface area contributed by atoms with Crippen molar-refractivity contribution >= 4 is 40.2 Å². The first-order valence-electron chi connectivity index (χ1n) is 9.84. The van der Waals surface area contributed by atoms with Crippen molar-refractivity contribution in [3.05, 3.63) is 64.1 Å². The number of carbonyl (C=O) groups is 1. The Kier molecular flexibility index (Phi) is 6.68. The van der Waals surface area contributed by atoms with Gasteiger partial charge in [0.05, 0.1) is 42.3 Å². The molecule has 1 aromatic heterocycles. The number of morpholine rings is 1. The highest BCUT2D eigenvalue weighted by Gasteiger charge is 2.30. The summed E-state index contributed by atoms with van der Waals surface area (Å²) in [5, 5.41) is 5.70. The monoisotopic (exact) mass is 481 g/mol. The summed E-state index contributed by atoms with van der Waals surface area (Å²) in [6.07, 6.45) is -4.35. The minimum atomic E-state index is -4.38. The fraction of sp³-hybridized carbons (Fsp3) is 0.273. The van der Waals surface area contributed by atoms with Gasteiger partial charge in [0, 0.05) is 29.1 Å². The average molecular weight is 482 g/mol. The van der Waals surface area contributed by atoms with Crippen molar-refractivity contribution in [2.45, 2.75) is 12.6 Å². The molecule has 0 unspecified atom stereocenters. The lowest BCUT2D eigenvalue weighted by molar-refractivity contribution is -0.137. The van der Waals surface area contributed by atoms with E-state index in [4.69, 9.17) is 16.3 Å². The topological polar surface area (TPSA) is 54.5 Å². The number of alkyl halides is 3. The molecule has 0 radical (unpaired) electrons. The van der Waals surface area contributed by atoms with Gasteiger partial charge in [-0.1, -0.05) is 23.7 Å². The number of hydrogen-bond donors (Lipinski definition) is 1. The number of anilines is 2. The zero-order chi connectivity index (χ0) is 22.7. The molecule has 1 fully saturated rings. The molecule has 2 heterocycles. The fourth-order valence-corrected chi connectivity index (χ4v) is 4.37. The number of halogens is 4. The number of benzene rings is 2. The first-order valence-corrected chi connectivity index (χ1v) is 11.1. The highest BCUT2D eigenvalue weighted by Crippen LogP contribution is 2.32. The third-order valence-electron chi connectivity index (χ3n) is 4.94. The predicted molar refractivity (Wildman–Crippen MR) is 119 cm³/mol. The van der Waals surface area contributed by atoms with Crippen LogP contribution in [0.1, 0.15) is 11.3 Å². The Hall–Kier alpha value is -2.62. The van der Waals surface area contributed by atoms with E-state index in [2.05, 4.69) is 15.2 Å². The maximum Gasteiger partial charge on any atom is 0.416 e. The van der Waals surface area contributed by atoms with Crippen LogP contribution in [-0.4, -0.2) is 37.2 Å². The summed E-state index contributed by atoms with van der Waals surface area (Å²) < 4.78 is 43.6. The maximum absolute atomic E-state index is 12.7. The molecular formula is C22H19ClF3N3O2S. The second kappa shape index (κ2) is 9.48. The molecule has 3 aromatic rings. The van der Waals surface area contributed by atoms with Gasteiger partial charge in [0.15, 0.2) is 0 Å². The van der Waals surface area contributed by atoms with Crippen molar-refractivity contribution < 1.29 is 22.7 Å². The van der Waals surface area contributed by atoms with Gasteiger partial charge in [0.25, 0.3) is 0 Å². The predicted octanol–water partition coefficient (Wildman–Crippen LogP) is 5.50. The van der Waals surface area contributed by atoms with E-state index in [1.807, 2.05) is 6.07 Å². The summed E-state index contributed by atoms with van der Waals surface area (Å²) in [4.78, 5) is 19.2. The SMILES string of the molecule is O=C(Cc1csc(-c2ccc(C(F)(F)F)cc2)n1)Nc1cc(Cl)ccc1N1CCOCC1. The molecule has 2 aromatic carbocycles. The van der Waals surface area contributed by atoms with Gasteiger partial charge in [0.2, 0.25) is 5.91 Å². The van der Waals surface area contributed by atoms with Crippen molar-refractivity contribution in [3.63, 3.8) is 0 Å². The normalized spacial score (nSPS) is 14.4. The van der Waals surface area contributed by atoms with Crippen LogP contribution in [0.15, 0.2) is 47.8 Å². The van der Waals surface area contributed by atoms with Crippen LogP contribution in [0.3, 0.4) is 0 Å². The molecule has 0 aliphatic carbocycles. The van der Waals surface area contributed by atoms with Crippen LogP contribution >= 0.6 is 22.9 Å². The van der Waals surface area contributed by atoms with Crippen molar-refractivity contribution in [2.75, 3.05) is 36.5 Å². The second-order valence-electron chi connectivity index (χ2n) is 7.20. The average Bonchev–Trinajstić information content (AvgIpc) is 3.22. The van der Waals surface area contributed by atoms with Crippen molar-refractivity contribution in [3.8, 4) is 10.6 Å². The highest BCUT2D eigenvalue weighted by molar-refractivity contribution is 7.13. The summed E-state index contributed by atoms with van der Waals surface area (Å²) in [6.45, 7) is 2.66. The molecule has 0 atom stereocenters. The van der Waals surface area contributed by atoms with E-state index >= 15 is 0 Å². The number of thiazole rings is 1. The van der Waals surface area contributed by atoms with Crippen LogP contribution in [0.5, 0.6) is 0 Å². The molecule has 1 saturated heterocycles. The molecule has 1 aliphatic rings. The van der Waals surface area contributed by atoms with Gasteiger partial charge >= 0.3 is 6.18 Å². The zero-order valence-electron chi connectivity index (χ0n) is 16.8. The molecule has 4 rings (SSSR count). The lowest BCUT2D eigenvalue weighted by atomic mass is 10.1. The van der Waals surface area contributed by atoms with E-state index in [0.717, 1.165) is 17.8 Å². The number of aromatic nitrogens is 1. The van der Waals surface area contributed by atoms with Gasteiger partial charge in [-0.15, -0.1) is 11.3 Å². The largest absolute Gasteiger partial charge is 0.416 e. The van der Waals surface area contributed by atoms with Gasteiger partial charge in [-0.3, -0.25) is 4.79 Å². The van der Waals surface area contributed by atoms with E-state index < -0.39 is 11.7 Å². The third-order valence-corrected chi connectivity index (χ3v) is 6.11. The van der Waals surface area contributed by atoms with Crippen LogP contribution in [-0.2, 0) is 22.1 Å². The number of ether oxygens (including phenoxy) is 1. The van der Waals surface area contributed by atoms with E-state index in [9.17, 15) is 18.0 Å². The first-order chi connectivity index (χ1) is 15.3. The Morgan fingerprint density at radius 1 is 1.16 bits per heavy atom. The molecule has 0 saturated carbocycles. The van der Waals surface area contributed by atoms with E-state index in [1.165, 1.54) is 23.5 Å². The van der Waals surface area contributed by atoms with E-state index in [1.54, 1.807) is 17.5 Å². The molecule has 168 valence electrons. The molecule has 0 bridgehead atoms. The Bertz CT molecular complexity index is 1100. The number of rotatable bonds is 5.